The maximum absolute atomic E-state index is 8.89. The van der Waals surface area contributed by atoms with Gasteiger partial charge in [-0.3, -0.25) is 0 Å². The van der Waals surface area contributed by atoms with Crippen molar-refractivity contribution in [2.45, 2.75) is 13.8 Å². The van der Waals surface area contributed by atoms with Gasteiger partial charge in [-0.15, -0.1) is 0 Å². The third-order valence-corrected chi connectivity index (χ3v) is 0. The Balaban J connectivity index is -0.0000000300. The van der Waals surface area contributed by atoms with Crippen molar-refractivity contribution in [3.8, 4) is 0 Å². The Morgan fingerprint density at radius 2 is 0.900 bits per heavy atom. The fourth-order valence-electron chi connectivity index (χ4n) is 0. The van der Waals surface area contributed by atoms with Crippen LogP contribution in [-0.2, 0) is 9.59 Å². The molecule has 0 heterocycles. The first-order chi connectivity index (χ1) is 3.46. The lowest BCUT2D eigenvalue weighted by Gasteiger charge is -1.77. The lowest BCUT2D eigenvalue weighted by atomic mass is 10.9. The topological polar surface area (TPSA) is 80.3 Å². The average Bonchev–Trinajstić information content (AvgIpc) is 1.25. The number of hydrogen-bond acceptors (Lipinski definition) is 4. The minimum atomic E-state index is -1.08. The van der Waals surface area contributed by atoms with Gasteiger partial charge in [0, 0.05) is 11.9 Å². The van der Waals surface area contributed by atoms with Crippen LogP contribution < -0.4 is 10.2 Å². The zero-order valence-corrected chi connectivity index (χ0v) is 6.90. The molecule has 0 fully saturated rings. The van der Waals surface area contributed by atoms with Gasteiger partial charge in [0.1, 0.15) is 0 Å². The van der Waals surface area contributed by atoms with Crippen LogP contribution in [0.2, 0.25) is 0 Å². The molecular weight excluding hydrogens is 183 g/mol. The maximum Gasteiger partial charge on any atom is 1.00 e. The summed E-state index contributed by atoms with van der Waals surface area (Å²) in [4.78, 5) is 17.8. The van der Waals surface area contributed by atoms with E-state index in [9.17, 15) is 0 Å². The number of carbonyl (C=O) groups is 2. The number of carboxylic acid groups (broad SMARTS) is 2. The van der Waals surface area contributed by atoms with Gasteiger partial charge in [0.15, 0.2) is 0 Å². The van der Waals surface area contributed by atoms with Crippen LogP contribution in [0.1, 0.15) is 13.8 Å². The van der Waals surface area contributed by atoms with E-state index in [1.54, 1.807) is 0 Å². The van der Waals surface area contributed by atoms with E-state index in [0.717, 1.165) is 13.8 Å². The fraction of sp³-hybridized carbons (Fsp3) is 0.500. The summed E-state index contributed by atoms with van der Waals surface area (Å²) >= 11 is 0. The van der Waals surface area contributed by atoms with E-state index in [2.05, 4.69) is 0 Å². The van der Waals surface area contributed by atoms with Crippen molar-refractivity contribution in [2.24, 2.45) is 0 Å². The molecule has 4 radical (unpaired) electrons. The van der Waals surface area contributed by atoms with E-state index in [1.807, 2.05) is 0 Å². The van der Waals surface area contributed by atoms with Gasteiger partial charge in [-0.25, -0.2) is 0 Å². The van der Waals surface area contributed by atoms with Crippen LogP contribution in [0.15, 0.2) is 0 Å². The molecule has 0 saturated heterocycles. The molecule has 6 heteroatoms. The van der Waals surface area contributed by atoms with Gasteiger partial charge in [0.05, 0.1) is 0 Å². The van der Waals surface area contributed by atoms with Crippen molar-refractivity contribution in [1.29, 1.82) is 0 Å². The lowest BCUT2D eigenvalue weighted by Crippen LogP contribution is -2.16. The number of carbonyl (C=O) groups excluding carboxylic acids is 2. The molecule has 0 amide bonds. The molecular formula is C4H6Cl2O4. The van der Waals surface area contributed by atoms with Crippen molar-refractivity contribution < 1.29 is 44.6 Å². The molecule has 10 heavy (non-hydrogen) atoms. The van der Waals surface area contributed by atoms with Gasteiger partial charge in [-0.2, -0.15) is 0 Å². The molecule has 0 aliphatic rings. The summed E-state index contributed by atoms with van der Waals surface area (Å²) in [6, 6.07) is 0. The lowest BCUT2D eigenvalue weighted by molar-refractivity contribution is -0.303. The Hall–Kier alpha value is -0.480. The van der Waals surface area contributed by atoms with Gasteiger partial charge in [0.2, 0.25) is 0 Å². The Bertz CT molecular complexity index is 73.3. The molecule has 0 N–H and O–H groups in total. The summed E-state index contributed by atoms with van der Waals surface area (Å²) in [6.07, 6.45) is 0. The minimum Gasteiger partial charge on any atom is -0.550 e. The smallest absolute Gasteiger partial charge is 0.550 e. The number of rotatable bonds is 0. The second kappa shape index (κ2) is 15.8. The van der Waals surface area contributed by atoms with E-state index in [-0.39, 0.29) is 24.8 Å². The minimum absolute atomic E-state index is 0. The Labute approximate surface area is 71.1 Å². The van der Waals surface area contributed by atoms with Crippen molar-refractivity contribution in [1.82, 2.24) is 0 Å². The highest BCUT2D eigenvalue weighted by Crippen LogP contribution is 1.31. The second-order valence-electron chi connectivity index (χ2n) is 0.983. The summed E-state index contributed by atoms with van der Waals surface area (Å²) in [6.45, 7) is 1.94. The van der Waals surface area contributed by atoms with Crippen LogP contribution in [0.3, 0.4) is 0 Å². The normalized spacial score (nSPS) is 5.00. The zero-order chi connectivity index (χ0) is 7.15. The van der Waals surface area contributed by atoms with Crippen LogP contribution in [0.5, 0.6) is 0 Å². The fourth-order valence-corrected chi connectivity index (χ4v) is 0. The molecule has 0 spiro atoms. The SMILES string of the molecule is CC(=O)[O-].CC(=O)[O-].[Cl+].[Cl+]. The van der Waals surface area contributed by atoms with Crippen LogP contribution in [0.25, 0.3) is 0 Å². The summed E-state index contributed by atoms with van der Waals surface area (Å²) in [5.41, 5.74) is 0. The predicted octanol–water partition coefficient (Wildman–Crippen LogP) is -2.49. The molecule has 0 aromatic carbocycles. The van der Waals surface area contributed by atoms with Gasteiger partial charge in [0.25, 0.3) is 0 Å². The third kappa shape index (κ3) is 1390. The Kier molecular flexibility index (Phi) is 35.9. The monoisotopic (exact) mass is 188 g/mol. The van der Waals surface area contributed by atoms with E-state index < -0.39 is 11.9 Å². The van der Waals surface area contributed by atoms with Crippen LogP contribution >= 0.6 is 0 Å². The molecule has 0 bridgehead atoms. The quantitative estimate of drug-likeness (QED) is 0.422. The first-order valence-corrected chi connectivity index (χ1v) is 1.82. The summed E-state index contributed by atoms with van der Waals surface area (Å²) in [7, 11) is 0. The largest absolute Gasteiger partial charge is 1.00 e. The summed E-state index contributed by atoms with van der Waals surface area (Å²) < 4.78 is 0. The molecule has 0 aromatic rings. The molecule has 0 aromatic heterocycles. The number of halogens is 2. The molecule has 4 nitrogen and oxygen atoms in total. The molecule has 0 saturated carbocycles. The summed E-state index contributed by atoms with van der Waals surface area (Å²) in [5, 5.41) is 17.8. The highest BCUT2D eigenvalue weighted by atomic mass is 35.5. The summed E-state index contributed by atoms with van der Waals surface area (Å²) in [5.74, 6) is -2.17. The van der Waals surface area contributed by atoms with Crippen molar-refractivity contribution in [3.05, 3.63) is 0 Å². The number of hydrogen-bond donors (Lipinski definition) is 0. The van der Waals surface area contributed by atoms with E-state index in [4.69, 9.17) is 19.8 Å². The zero-order valence-electron chi connectivity index (χ0n) is 5.39. The van der Waals surface area contributed by atoms with Crippen molar-refractivity contribution >= 4 is 11.9 Å². The van der Waals surface area contributed by atoms with Gasteiger partial charge in [-0.1, -0.05) is 0 Å². The van der Waals surface area contributed by atoms with Gasteiger partial charge < -0.3 is 19.8 Å². The van der Waals surface area contributed by atoms with Gasteiger partial charge >= 0.3 is 24.8 Å². The highest BCUT2D eigenvalue weighted by molar-refractivity contribution is 5.60. The highest BCUT2D eigenvalue weighted by Gasteiger charge is 1.46. The standard InChI is InChI=1S/2C2H4O2.2Cl/c2*1-2(3)4;;/h2*1H3,(H,3,4);;/q;;2*+1/p-2. The first-order valence-electron chi connectivity index (χ1n) is 1.82. The molecule has 0 atom stereocenters. The second-order valence-corrected chi connectivity index (χ2v) is 0.983. The van der Waals surface area contributed by atoms with E-state index in [1.165, 1.54) is 0 Å². The van der Waals surface area contributed by atoms with Gasteiger partial charge in [-0.05, 0) is 13.8 Å². The van der Waals surface area contributed by atoms with Crippen LogP contribution in [-0.4, -0.2) is 11.9 Å². The first kappa shape index (κ1) is 22.7. The van der Waals surface area contributed by atoms with Crippen molar-refractivity contribution in [2.75, 3.05) is 0 Å². The number of aliphatic carboxylic acids is 2. The van der Waals surface area contributed by atoms with Crippen molar-refractivity contribution in [3.63, 3.8) is 0 Å². The Morgan fingerprint density at radius 3 is 0.900 bits per heavy atom. The van der Waals surface area contributed by atoms with E-state index in [0.29, 0.717) is 0 Å². The molecule has 0 rings (SSSR count). The third-order valence-electron chi connectivity index (χ3n) is 0. The Morgan fingerprint density at radius 1 is 0.900 bits per heavy atom. The van der Waals surface area contributed by atoms with Crippen LogP contribution in [0, 0.1) is 24.8 Å². The predicted molar refractivity (Wildman–Crippen MR) is 21.4 cm³/mol. The average molecular weight is 189 g/mol. The van der Waals surface area contributed by atoms with Crippen LogP contribution in [0.4, 0.5) is 0 Å². The maximum atomic E-state index is 8.89. The molecule has 0 aliphatic carbocycles. The number of carboxylic acids is 2. The van der Waals surface area contributed by atoms with E-state index >= 15 is 0 Å². The molecule has 0 aliphatic heterocycles. The molecule has 60 valence electrons. The molecule has 0 unspecified atom stereocenters.